The quantitative estimate of drug-likeness (QED) is 0.434. The molecular weight excluding hydrogens is 380 g/mol. The predicted molar refractivity (Wildman–Crippen MR) is 117 cm³/mol. The number of hydrogen-bond donors (Lipinski definition) is 0. The molecule has 0 N–H and O–H groups in total. The van der Waals surface area contributed by atoms with E-state index in [9.17, 15) is 4.79 Å². The maximum atomic E-state index is 13.2. The smallest absolute Gasteiger partial charge is 0.235 e. The fraction of sp³-hybridized carbons (Fsp3) is 0.160. The lowest BCUT2D eigenvalue weighted by atomic mass is 10.1. The van der Waals surface area contributed by atoms with Crippen molar-refractivity contribution in [3.63, 3.8) is 0 Å². The molecule has 152 valence electrons. The Balaban J connectivity index is 1.84. The highest BCUT2D eigenvalue weighted by Gasteiger charge is 2.19. The zero-order valence-electron chi connectivity index (χ0n) is 17.1. The van der Waals surface area contributed by atoms with E-state index in [0.717, 1.165) is 11.1 Å². The second-order valence-corrected chi connectivity index (χ2v) is 6.93. The number of fused-ring (bicyclic) bond motifs is 1. The molecule has 0 radical (unpaired) electrons. The monoisotopic (exact) mass is 402 g/mol. The Kier molecular flexibility index (Phi) is 5.44. The van der Waals surface area contributed by atoms with Crippen LogP contribution in [0.25, 0.3) is 22.3 Å². The maximum Gasteiger partial charge on any atom is 0.235 e. The van der Waals surface area contributed by atoms with Crippen molar-refractivity contribution >= 4 is 11.0 Å². The third kappa shape index (κ3) is 3.74. The summed E-state index contributed by atoms with van der Waals surface area (Å²) < 4.78 is 22.9. The Morgan fingerprint density at radius 3 is 2.33 bits per heavy atom. The molecule has 5 heteroatoms. The number of hydrogen-bond acceptors (Lipinski definition) is 5. The molecule has 30 heavy (non-hydrogen) atoms. The van der Waals surface area contributed by atoms with Crippen LogP contribution in [-0.4, -0.2) is 14.2 Å². The third-order valence-corrected chi connectivity index (χ3v) is 4.91. The minimum absolute atomic E-state index is 0.168. The zero-order chi connectivity index (χ0) is 21.1. The summed E-state index contributed by atoms with van der Waals surface area (Å²) in [6.45, 7) is 2.28. The molecule has 4 rings (SSSR count). The molecule has 0 aliphatic rings. The Bertz CT molecular complexity index is 1240. The van der Waals surface area contributed by atoms with Crippen molar-refractivity contribution in [1.29, 1.82) is 0 Å². The molecule has 0 saturated carbocycles. The second kappa shape index (κ2) is 8.33. The van der Waals surface area contributed by atoms with Crippen LogP contribution in [0.3, 0.4) is 0 Å². The number of rotatable bonds is 6. The van der Waals surface area contributed by atoms with Crippen LogP contribution in [0.1, 0.15) is 11.1 Å². The van der Waals surface area contributed by atoms with Crippen LogP contribution >= 0.6 is 0 Å². The summed E-state index contributed by atoms with van der Waals surface area (Å²) in [5.41, 5.74) is 3.07. The second-order valence-electron chi connectivity index (χ2n) is 6.93. The molecule has 0 atom stereocenters. The Morgan fingerprint density at radius 1 is 0.867 bits per heavy atom. The first-order valence-corrected chi connectivity index (χ1v) is 9.57. The van der Waals surface area contributed by atoms with Crippen LogP contribution in [0.15, 0.2) is 75.9 Å². The summed E-state index contributed by atoms with van der Waals surface area (Å²) in [6.07, 6.45) is 0. The van der Waals surface area contributed by atoms with Crippen LogP contribution in [0, 0.1) is 6.92 Å². The number of benzene rings is 3. The number of aryl methyl sites for hydroxylation is 1. The molecule has 0 aliphatic heterocycles. The predicted octanol–water partition coefficient (Wildman–Crippen LogP) is 5.36. The first-order valence-electron chi connectivity index (χ1n) is 9.57. The first-order chi connectivity index (χ1) is 14.6. The number of para-hydroxylation sites is 1. The molecule has 0 unspecified atom stereocenters. The molecule has 1 heterocycles. The van der Waals surface area contributed by atoms with Crippen molar-refractivity contribution in [3.8, 4) is 28.6 Å². The highest BCUT2D eigenvalue weighted by Crippen LogP contribution is 2.36. The van der Waals surface area contributed by atoms with E-state index in [0.29, 0.717) is 33.8 Å². The van der Waals surface area contributed by atoms with E-state index in [4.69, 9.17) is 18.6 Å². The van der Waals surface area contributed by atoms with E-state index in [1.165, 1.54) is 0 Å². The molecule has 5 nitrogen and oxygen atoms in total. The van der Waals surface area contributed by atoms with E-state index in [1.807, 2.05) is 43.3 Å². The Hall–Kier alpha value is -3.73. The molecule has 0 aliphatic carbocycles. The fourth-order valence-corrected chi connectivity index (χ4v) is 3.26. The number of methoxy groups -OCH3 is 2. The topological polar surface area (TPSA) is 57.9 Å². The van der Waals surface area contributed by atoms with Crippen molar-refractivity contribution in [3.05, 3.63) is 88.1 Å². The lowest BCUT2D eigenvalue weighted by Crippen LogP contribution is -2.10. The van der Waals surface area contributed by atoms with Crippen molar-refractivity contribution in [1.82, 2.24) is 0 Å². The van der Waals surface area contributed by atoms with Crippen LogP contribution in [0.2, 0.25) is 0 Å². The lowest BCUT2D eigenvalue weighted by Gasteiger charge is -2.14. The Labute approximate surface area is 174 Å². The molecule has 0 amide bonds. The normalized spacial score (nSPS) is 10.8. The highest BCUT2D eigenvalue weighted by atomic mass is 16.5. The summed E-state index contributed by atoms with van der Waals surface area (Å²) in [5, 5.41) is 0.473. The third-order valence-electron chi connectivity index (χ3n) is 4.91. The molecule has 4 aromatic rings. The number of ether oxygens (including phenoxy) is 3. The molecule has 0 fully saturated rings. The largest absolute Gasteiger partial charge is 0.493 e. The van der Waals surface area contributed by atoms with Gasteiger partial charge >= 0.3 is 0 Å². The van der Waals surface area contributed by atoms with Gasteiger partial charge in [-0.2, -0.15) is 0 Å². The van der Waals surface area contributed by atoms with Crippen LogP contribution in [0.5, 0.6) is 17.2 Å². The van der Waals surface area contributed by atoms with Gasteiger partial charge in [-0.1, -0.05) is 42.0 Å². The minimum atomic E-state index is -0.214. The molecule has 1 aromatic heterocycles. The van der Waals surface area contributed by atoms with Gasteiger partial charge in [0.2, 0.25) is 11.2 Å². The summed E-state index contributed by atoms with van der Waals surface area (Å²) in [4.78, 5) is 13.2. The molecule has 3 aromatic carbocycles. The molecular formula is C25H22O5. The van der Waals surface area contributed by atoms with Gasteiger partial charge in [0.15, 0.2) is 17.3 Å². The lowest BCUT2D eigenvalue weighted by molar-refractivity contribution is 0.298. The van der Waals surface area contributed by atoms with E-state index in [1.54, 1.807) is 44.6 Å². The summed E-state index contributed by atoms with van der Waals surface area (Å²) in [5.74, 6) is 1.65. The average Bonchev–Trinajstić information content (AvgIpc) is 2.79. The van der Waals surface area contributed by atoms with Gasteiger partial charge in [-0.3, -0.25) is 4.79 Å². The average molecular weight is 402 g/mol. The summed E-state index contributed by atoms with van der Waals surface area (Å²) in [7, 11) is 3.14. The molecule has 0 bridgehead atoms. The van der Waals surface area contributed by atoms with E-state index < -0.39 is 0 Å². The van der Waals surface area contributed by atoms with E-state index in [-0.39, 0.29) is 17.8 Å². The van der Waals surface area contributed by atoms with Crippen molar-refractivity contribution in [2.75, 3.05) is 14.2 Å². The van der Waals surface area contributed by atoms with Crippen molar-refractivity contribution < 1.29 is 18.6 Å². The van der Waals surface area contributed by atoms with E-state index >= 15 is 0 Å². The molecule has 0 saturated heterocycles. The van der Waals surface area contributed by atoms with Crippen molar-refractivity contribution in [2.45, 2.75) is 13.5 Å². The summed E-state index contributed by atoms with van der Waals surface area (Å²) in [6, 6.07) is 20.5. The SMILES string of the molecule is COc1ccc(-c2oc3ccccc3c(=O)c2OCc2ccc(C)cc2)cc1OC. The first kappa shape index (κ1) is 19.6. The van der Waals surface area contributed by atoms with Gasteiger partial charge in [0.25, 0.3) is 0 Å². The summed E-state index contributed by atoms with van der Waals surface area (Å²) >= 11 is 0. The molecule has 0 spiro atoms. The maximum absolute atomic E-state index is 13.2. The van der Waals surface area contributed by atoms with E-state index in [2.05, 4.69) is 0 Å². The van der Waals surface area contributed by atoms with Gasteiger partial charge < -0.3 is 18.6 Å². The van der Waals surface area contributed by atoms with Crippen LogP contribution in [-0.2, 0) is 6.61 Å². The van der Waals surface area contributed by atoms with Gasteiger partial charge in [0, 0.05) is 5.56 Å². The van der Waals surface area contributed by atoms with Crippen LogP contribution in [0.4, 0.5) is 0 Å². The van der Waals surface area contributed by atoms with Gasteiger partial charge in [-0.25, -0.2) is 0 Å². The van der Waals surface area contributed by atoms with Gasteiger partial charge in [0.05, 0.1) is 19.6 Å². The van der Waals surface area contributed by atoms with Gasteiger partial charge in [-0.15, -0.1) is 0 Å². The highest BCUT2D eigenvalue weighted by molar-refractivity contribution is 5.82. The standard InChI is InChI=1S/C25H22O5/c1-16-8-10-17(11-9-16)15-29-25-23(26)19-6-4-5-7-20(19)30-24(25)18-12-13-21(27-2)22(14-18)28-3/h4-14H,15H2,1-3H3. The van der Waals surface area contributed by atoms with Gasteiger partial charge in [-0.05, 0) is 42.8 Å². The minimum Gasteiger partial charge on any atom is -0.493 e. The Morgan fingerprint density at radius 2 is 1.60 bits per heavy atom. The fourth-order valence-electron chi connectivity index (χ4n) is 3.26. The zero-order valence-corrected chi connectivity index (χ0v) is 17.1. The van der Waals surface area contributed by atoms with Crippen molar-refractivity contribution in [2.24, 2.45) is 0 Å². The van der Waals surface area contributed by atoms with Crippen LogP contribution < -0.4 is 19.6 Å². The van der Waals surface area contributed by atoms with Gasteiger partial charge in [0.1, 0.15) is 12.2 Å².